The molecular weight excluding hydrogens is 242 g/mol. The van der Waals surface area contributed by atoms with Crippen LogP contribution in [0, 0.1) is 0 Å². The molecule has 1 rings (SSSR count). The second kappa shape index (κ2) is 8.96. The van der Waals surface area contributed by atoms with E-state index in [9.17, 15) is 0 Å². The van der Waals surface area contributed by atoms with Gasteiger partial charge in [0.15, 0.2) is 0 Å². The molecule has 0 fully saturated rings. The Kier molecular flexibility index (Phi) is 8.36. The number of benzene rings is 1. The largest absolute Gasteiger partial charge is 0.496 e. The highest BCUT2D eigenvalue weighted by Gasteiger charge is 2.02. The van der Waals surface area contributed by atoms with E-state index in [1.807, 2.05) is 25.2 Å². The monoisotopic (exact) mass is 261 g/mol. The summed E-state index contributed by atoms with van der Waals surface area (Å²) in [4.78, 5) is 0. The molecule has 0 aliphatic heterocycles. The standard InChI is InChI=1S/C12H19NO3.ClH/c1-13-5-4-6-16-12-8-10(14-2)7-11(9-12)15-3;/h7-9,13H,4-6H2,1-3H3;1H. The molecule has 98 valence electrons. The summed E-state index contributed by atoms with van der Waals surface area (Å²) in [6.07, 6.45) is 0.968. The minimum atomic E-state index is 0. The van der Waals surface area contributed by atoms with E-state index in [0.29, 0.717) is 6.61 Å². The van der Waals surface area contributed by atoms with E-state index < -0.39 is 0 Å². The van der Waals surface area contributed by atoms with E-state index in [1.54, 1.807) is 14.2 Å². The summed E-state index contributed by atoms with van der Waals surface area (Å²) in [6.45, 7) is 1.62. The van der Waals surface area contributed by atoms with Crippen LogP contribution in [0.25, 0.3) is 0 Å². The van der Waals surface area contributed by atoms with Crippen LogP contribution in [0.4, 0.5) is 0 Å². The molecule has 5 heteroatoms. The van der Waals surface area contributed by atoms with Crippen molar-refractivity contribution in [2.24, 2.45) is 0 Å². The van der Waals surface area contributed by atoms with Crippen molar-refractivity contribution in [3.63, 3.8) is 0 Å². The van der Waals surface area contributed by atoms with Gasteiger partial charge in [-0.1, -0.05) is 0 Å². The van der Waals surface area contributed by atoms with Crippen LogP contribution in [0.2, 0.25) is 0 Å². The lowest BCUT2D eigenvalue weighted by Crippen LogP contribution is -2.11. The van der Waals surface area contributed by atoms with Crippen LogP contribution in [0.5, 0.6) is 17.2 Å². The molecule has 1 aromatic carbocycles. The lowest BCUT2D eigenvalue weighted by molar-refractivity contribution is 0.304. The predicted molar refractivity (Wildman–Crippen MR) is 70.8 cm³/mol. The van der Waals surface area contributed by atoms with E-state index in [0.717, 1.165) is 30.2 Å². The zero-order chi connectivity index (χ0) is 11.8. The molecule has 0 saturated heterocycles. The third-order valence-corrected chi connectivity index (χ3v) is 2.16. The van der Waals surface area contributed by atoms with Crippen LogP contribution in [-0.4, -0.2) is 34.4 Å². The molecule has 1 N–H and O–H groups in total. The Morgan fingerprint density at radius 3 is 2.00 bits per heavy atom. The van der Waals surface area contributed by atoms with Crippen LogP contribution in [-0.2, 0) is 0 Å². The van der Waals surface area contributed by atoms with Gasteiger partial charge in [0.25, 0.3) is 0 Å². The Balaban J connectivity index is 0.00000256. The topological polar surface area (TPSA) is 39.7 Å². The third kappa shape index (κ3) is 5.65. The van der Waals surface area contributed by atoms with Crippen molar-refractivity contribution in [3.8, 4) is 17.2 Å². The Labute approximate surface area is 109 Å². The maximum Gasteiger partial charge on any atom is 0.126 e. The van der Waals surface area contributed by atoms with Gasteiger partial charge in [0.2, 0.25) is 0 Å². The van der Waals surface area contributed by atoms with Gasteiger partial charge in [-0.25, -0.2) is 0 Å². The molecule has 0 spiro atoms. The molecule has 0 radical (unpaired) electrons. The smallest absolute Gasteiger partial charge is 0.126 e. The van der Waals surface area contributed by atoms with Crippen molar-refractivity contribution in [2.75, 3.05) is 34.4 Å². The first-order valence-electron chi connectivity index (χ1n) is 5.30. The van der Waals surface area contributed by atoms with Crippen LogP contribution in [0.3, 0.4) is 0 Å². The fraction of sp³-hybridized carbons (Fsp3) is 0.500. The summed E-state index contributed by atoms with van der Waals surface area (Å²) in [5, 5.41) is 3.07. The second-order valence-electron chi connectivity index (χ2n) is 3.35. The molecule has 1 aromatic rings. The summed E-state index contributed by atoms with van der Waals surface area (Å²) in [7, 11) is 5.17. The zero-order valence-corrected chi connectivity index (χ0v) is 11.3. The van der Waals surface area contributed by atoms with Gasteiger partial charge in [0, 0.05) is 18.2 Å². The van der Waals surface area contributed by atoms with Crippen molar-refractivity contribution in [3.05, 3.63) is 18.2 Å². The van der Waals surface area contributed by atoms with Gasteiger partial charge in [-0.15, -0.1) is 12.4 Å². The lowest BCUT2D eigenvalue weighted by Gasteiger charge is -2.10. The highest BCUT2D eigenvalue weighted by molar-refractivity contribution is 5.85. The van der Waals surface area contributed by atoms with Crippen LogP contribution in [0.15, 0.2) is 18.2 Å². The molecule has 0 atom stereocenters. The van der Waals surface area contributed by atoms with E-state index in [1.165, 1.54) is 0 Å². The highest BCUT2D eigenvalue weighted by Crippen LogP contribution is 2.27. The first-order chi connectivity index (χ1) is 7.80. The number of halogens is 1. The minimum Gasteiger partial charge on any atom is -0.496 e. The summed E-state index contributed by atoms with van der Waals surface area (Å²) in [5.74, 6) is 2.25. The van der Waals surface area contributed by atoms with Gasteiger partial charge in [-0.3, -0.25) is 0 Å². The SMILES string of the molecule is CNCCCOc1cc(OC)cc(OC)c1.Cl. The Morgan fingerprint density at radius 2 is 1.53 bits per heavy atom. The van der Waals surface area contributed by atoms with Crippen molar-refractivity contribution >= 4 is 12.4 Å². The molecule has 0 saturated carbocycles. The summed E-state index contributed by atoms with van der Waals surface area (Å²) < 4.78 is 15.9. The van der Waals surface area contributed by atoms with Gasteiger partial charge >= 0.3 is 0 Å². The fourth-order valence-corrected chi connectivity index (χ4v) is 1.30. The van der Waals surface area contributed by atoms with E-state index in [4.69, 9.17) is 14.2 Å². The number of methoxy groups -OCH3 is 2. The fourth-order valence-electron chi connectivity index (χ4n) is 1.30. The van der Waals surface area contributed by atoms with Gasteiger partial charge in [0.05, 0.1) is 20.8 Å². The van der Waals surface area contributed by atoms with Crippen LogP contribution < -0.4 is 19.5 Å². The molecule has 0 amide bonds. The predicted octanol–water partition coefficient (Wildman–Crippen LogP) is 2.11. The normalized spacial score (nSPS) is 9.35. The van der Waals surface area contributed by atoms with Gasteiger partial charge in [0.1, 0.15) is 17.2 Å². The van der Waals surface area contributed by atoms with E-state index in [-0.39, 0.29) is 12.4 Å². The number of nitrogens with one attached hydrogen (secondary N) is 1. The maximum atomic E-state index is 5.59. The zero-order valence-electron chi connectivity index (χ0n) is 10.5. The summed E-state index contributed by atoms with van der Waals surface area (Å²) in [5.41, 5.74) is 0. The third-order valence-electron chi connectivity index (χ3n) is 2.16. The average Bonchev–Trinajstić information content (AvgIpc) is 2.34. The molecule has 0 heterocycles. The number of hydrogen-bond donors (Lipinski definition) is 1. The number of hydrogen-bond acceptors (Lipinski definition) is 4. The second-order valence-corrected chi connectivity index (χ2v) is 3.35. The molecule has 0 aliphatic rings. The molecule has 17 heavy (non-hydrogen) atoms. The van der Waals surface area contributed by atoms with Crippen molar-refractivity contribution in [1.29, 1.82) is 0 Å². The quantitative estimate of drug-likeness (QED) is 0.764. The van der Waals surface area contributed by atoms with E-state index >= 15 is 0 Å². The first-order valence-corrected chi connectivity index (χ1v) is 5.30. The highest BCUT2D eigenvalue weighted by atomic mass is 35.5. The molecule has 0 aromatic heterocycles. The maximum absolute atomic E-state index is 5.59. The molecule has 0 aliphatic carbocycles. The Hall–Kier alpha value is -1.13. The van der Waals surface area contributed by atoms with Gasteiger partial charge in [-0.05, 0) is 20.0 Å². The molecule has 0 unspecified atom stereocenters. The van der Waals surface area contributed by atoms with Gasteiger partial charge < -0.3 is 19.5 Å². The molecule has 4 nitrogen and oxygen atoms in total. The summed E-state index contributed by atoms with van der Waals surface area (Å²) >= 11 is 0. The number of rotatable bonds is 7. The molecule has 0 bridgehead atoms. The average molecular weight is 262 g/mol. The van der Waals surface area contributed by atoms with Crippen molar-refractivity contribution < 1.29 is 14.2 Å². The number of ether oxygens (including phenoxy) is 3. The van der Waals surface area contributed by atoms with Crippen molar-refractivity contribution in [2.45, 2.75) is 6.42 Å². The van der Waals surface area contributed by atoms with E-state index in [2.05, 4.69) is 5.32 Å². The Morgan fingerprint density at radius 1 is 1.00 bits per heavy atom. The van der Waals surface area contributed by atoms with Crippen molar-refractivity contribution in [1.82, 2.24) is 5.32 Å². The van der Waals surface area contributed by atoms with Crippen LogP contribution >= 0.6 is 12.4 Å². The first kappa shape index (κ1) is 15.9. The Bertz CT molecular complexity index is 298. The minimum absolute atomic E-state index is 0. The molecular formula is C12H20ClNO3. The van der Waals surface area contributed by atoms with Crippen LogP contribution in [0.1, 0.15) is 6.42 Å². The lowest BCUT2D eigenvalue weighted by atomic mass is 10.3. The van der Waals surface area contributed by atoms with Gasteiger partial charge in [-0.2, -0.15) is 0 Å². The summed E-state index contributed by atoms with van der Waals surface area (Å²) in [6, 6.07) is 5.52.